The van der Waals surface area contributed by atoms with Gasteiger partial charge in [-0.2, -0.15) is 0 Å². The number of nitrogens with one attached hydrogen (secondary N) is 2. The highest BCUT2D eigenvalue weighted by atomic mass is 16.2. The van der Waals surface area contributed by atoms with Crippen LogP contribution in [0.4, 0.5) is 0 Å². The third-order valence-corrected chi connectivity index (χ3v) is 4.47. The van der Waals surface area contributed by atoms with E-state index in [2.05, 4.69) is 22.8 Å². The second kappa shape index (κ2) is 6.18. The Morgan fingerprint density at radius 3 is 2.68 bits per heavy atom. The Bertz CT molecular complexity index is 579. The minimum absolute atomic E-state index is 0.0969. The van der Waals surface area contributed by atoms with Crippen molar-refractivity contribution < 1.29 is 14.4 Å². The van der Waals surface area contributed by atoms with Gasteiger partial charge < -0.3 is 10.6 Å². The molecule has 1 aliphatic heterocycles. The van der Waals surface area contributed by atoms with Crippen molar-refractivity contribution >= 4 is 17.6 Å². The zero-order chi connectivity index (χ0) is 15.5. The monoisotopic (exact) mass is 298 g/mol. The Morgan fingerprint density at radius 1 is 1.23 bits per heavy atom. The molecule has 2 amide bonds. The third kappa shape index (κ3) is 2.82. The van der Waals surface area contributed by atoms with E-state index >= 15 is 0 Å². The van der Waals surface area contributed by atoms with Crippen molar-refractivity contribution in [2.45, 2.75) is 37.6 Å². The van der Waals surface area contributed by atoms with Crippen LogP contribution in [-0.2, 0) is 14.4 Å². The van der Waals surface area contributed by atoms with Gasteiger partial charge in [-0.05, 0) is 36.6 Å². The third-order valence-electron chi connectivity index (χ3n) is 4.47. The van der Waals surface area contributed by atoms with Crippen molar-refractivity contribution in [1.29, 1.82) is 0 Å². The number of hydrogen-bond donors (Lipinski definition) is 2. The molecule has 1 saturated carbocycles. The summed E-state index contributed by atoms with van der Waals surface area (Å²) in [6.45, 7) is 0.207. The van der Waals surface area contributed by atoms with E-state index in [4.69, 9.17) is 0 Å². The first-order valence-corrected chi connectivity index (χ1v) is 7.67. The topological polar surface area (TPSA) is 75.3 Å². The molecule has 1 heterocycles. The zero-order valence-corrected chi connectivity index (χ0v) is 12.2. The van der Waals surface area contributed by atoms with Crippen LogP contribution >= 0.6 is 0 Å². The molecule has 0 spiro atoms. The van der Waals surface area contributed by atoms with Crippen LogP contribution in [0.3, 0.4) is 0 Å². The van der Waals surface area contributed by atoms with Crippen molar-refractivity contribution in [3.05, 3.63) is 35.9 Å². The normalized spacial score (nSPS) is 24.6. The summed E-state index contributed by atoms with van der Waals surface area (Å²) in [4.78, 5) is 36.6. The molecule has 0 bridgehead atoms. The van der Waals surface area contributed by atoms with E-state index < -0.39 is 23.5 Å². The predicted octanol–water partition coefficient (Wildman–Crippen LogP) is 0.744. The van der Waals surface area contributed by atoms with Gasteiger partial charge in [-0.3, -0.25) is 14.4 Å². The van der Waals surface area contributed by atoms with Gasteiger partial charge in [0, 0.05) is 12.6 Å². The molecule has 5 nitrogen and oxygen atoms in total. The molecule has 1 aliphatic carbocycles. The fourth-order valence-electron chi connectivity index (χ4n) is 3.30. The van der Waals surface area contributed by atoms with Crippen LogP contribution in [0, 0.1) is 18.1 Å². The van der Waals surface area contributed by atoms with Gasteiger partial charge >= 0.3 is 0 Å². The number of carbonyl (C=O) groups excluding carboxylic acids is 3. The predicted molar refractivity (Wildman–Crippen MR) is 78.8 cm³/mol. The molecule has 2 N–H and O–H groups in total. The van der Waals surface area contributed by atoms with E-state index in [1.807, 2.05) is 0 Å². The van der Waals surface area contributed by atoms with E-state index in [0.29, 0.717) is 5.56 Å². The average molecular weight is 298 g/mol. The minimum Gasteiger partial charge on any atom is -0.355 e. The van der Waals surface area contributed by atoms with Crippen molar-refractivity contribution in [2.75, 3.05) is 6.54 Å². The van der Waals surface area contributed by atoms with E-state index in [9.17, 15) is 14.4 Å². The lowest BCUT2D eigenvalue weighted by Gasteiger charge is -2.17. The first kappa shape index (κ1) is 14.6. The van der Waals surface area contributed by atoms with Crippen molar-refractivity contribution in [2.24, 2.45) is 5.92 Å². The van der Waals surface area contributed by atoms with Gasteiger partial charge in [-0.25, -0.2) is 0 Å². The standard InChI is InChI=1S/C17H18N2O3/c20-15(17(22)19-12-8-4-5-9-12)13-10-18-16(21)14(13)11-6-2-1-3-7-11/h2,6-7,12-14H,4-5,8-10H2,(H,18,21)(H,19,22)/t13?,14-/m1/s1. The number of ketones is 1. The fourth-order valence-corrected chi connectivity index (χ4v) is 3.30. The maximum absolute atomic E-state index is 12.4. The molecule has 1 saturated heterocycles. The van der Waals surface area contributed by atoms with Crippen LogP contribution in [0.1, 0.15) is 37.2 Å². The van der Waals surface area contributed by atoms with Gasteiger partial charge in [-0.1, -0.05) is 25.0 Å². The Labute approximate surface area is 129 Å². The summed E-state index contributed by atoms with van der Waals surface area (Å²) in [5, 5.41) is 5.48. The first-order chi connectivity index (χ1) is 10.7. The van der Waals surface area contributed by atoms with Gasteiger partial charge in [-0.15, -0.1) is 0 Å². The highest BCUT2D eigenvalue weighted by molar-refractivity contribution is 6.38. The zero-order valence-electron chi connectivity index (χ0n) is 12.2. The molecule has 1 unspecified atom stereocenters. The van der Waals surface area contributed by atoms with Gasteiger partial charge in [0.15, 0.2) is 0 Å². The maximum atomic E-state index is 12.4. The largest absolute Gasteiger partial charge is 0.355 e. The second-order valence-corrected chi connectivity index (χ2v) is 5.91. The van der Waals surface area contributed by atoms with Gasteiger partial charge in [0.05, 0.1) is 11.8 Å². The van der Waals surface area contributed by atoms with E-state index in [1.54, 1.807) is 18.2 Å². The van der Waals surface area contributed by atoms with Crippen LogP contribution in [0.25, 0.3) is 0 Å². The van der Waals surface area contributed by atoms with Crippen LogP contribution in [0.5, 0.6) is 0 Å². The SMILES string of the molecule is O=C(NC1CCCC1)C(=O)C1CNC(=O)[C@@H]1c1cc#ccc1. The summed E-state index contributed by atoms with van der Waals surface area (Å²) in [7, 11) is 0. The smallest absolute Gasteiger partial charge is 0.287 e. The van der Waals surface area contributed by atoms with Crippen LogP contribution in [0.2, 0.25) is 0 Å². The Balaban J connectivity index is 1.73. The quantitative estimate of drug-likeness (QED) is 0.805. The van der Waals surface area contributed by atoms with E-state index in [1.165, 1.54) is 0 Å². The number of carbonyl (C=O) groups is 3. The molecule has 1 aromatic carbocycles. The Morgan fingerprint density at radius 2 is 2.00 bits per heavy atom. The van der Waals surface area contributed by atoms with Crippen molar-refractivity contribution in [3.63, 3.8) is 0 Å². The van der Waals surface area contributed by atoms with Crippen molar-refractivity contribution in [1.82, 2.24) is 10.6 Å². The molecule has 2 aliphatic rings. The lowest BCUT2D eigenvalue weighted by molar-refractivity contribution is -0.140. The van der Waals surface area contributed by atoms with Crippen molar-refractivity contribution in [3.8, 4) is 0 Å². The summed E-state index contributed by atoms with van der Waals surface area (Å²) in [5.74, 6) is -2.56. The Kier molecular flexibility index (Phi) is 4.10. The molecule has 1 aromatic rings. The summed E-state index contributed by atoms with van der Waals surface area (Å²) in [6, 6.07) is 10.7. The number of rotatable bonds is 4. The van der Waals surface area contributed by atoms with Crippen LogP contribution in [-0.4, -0.2) is 30.2 Å². The fraction of sp³-hybridized carbons (Fsp3) is 0.471. The molecule has 5 heteroatoms. The number of Topliss-reactive ketones (excluding diaryl/α,β-unsaturated/α-hetero) is 1. The van der Waals surface area contributed by atoms with E-state index in [0.717, 1.165) is 25.7 Å². The average Bonchev–Trinajstić information content (AvgIpc) is 3.17. The summed E-state index contributed by atoms with van der Waals surface area (Å²) in [6.07, 6.45) is 4.02. The van der Waals surface area contributed by atoms with Crippen LogP contribution < -0.4 is 10.6 Å². The first-order valence-electron chi connectivity index (χ1n) is 7.67. The lowest BCUT2D eigenvalue weighted by Crippen LogP contribution is -2.42. The molecule has 0 aromatic heterocycles. The lowest BCUT2D eigenvalue weighted by atomic mass is 9.85. The van der Waals surface area contributed by atoms with Crippen LogP contribution in [0.15, 0.2) is 18.2 Å². The highest BCUT2D eigenvalue weighted by Crippen LogP contribution is 2.29. The minimum atomic E-state index is -0.648. The molecular weight excluding hydrogens is 280 g/mol. The summed E-state index contributed by atoms with van der Waals surface area (Å²) < 4.78 is 0. The molecule has 114 valence electrons. The molecule has 2 fully saturated rings. The molecule has 22 heavy (non-hydrogen) atoms. The highest BCUT2D eigenvalue weighted by Gasteiger charge is 2.42. The van der Waals surface area contributed by atoms with Gasteiger partial charge in [0.1, 0.15) is 0 Å². The second-order valence-electron chi connectivity index (χ2n) is 5.91. The molecule has 0 radical (unpaired) electrons. The Hall–Kier alpha value is -2.35. The maximum Gasteiger partial charge on any atom is 0.287 e. The number of amides is 2. The molecular formula is C17H18N2O3. The number of hydrogen-bond acceptors (Lipinski definition) is 3. The molecule has 2 atom stereocenters. The van der Waals surface area contributed by atoms with Gasteiger partial charge in [0.2, 0.25) is 11.7 Å². The van der Waals surface area contributed by atoms with Gasteiger partial charge in [0.25, 0.3) is 5.91 Å². The molecule has 3 rings (SSSR count). The summed E-state index contributed by atoms with van der Waals surface area (Å²) in [5.41, 5.74) is 0.695. The van der Waals surface area contributed by atoms with E-state index in [-0.39, 0.29) is 18.5 Å². The summed E-state index contributed by atoms with van der Waals surface area (Å²) >= 11 is 0.